The van der Waals surface area contributed by atoms with Crippen LogP contribution in [0, 0.1) is 0 Å². The van der Waals surface area contributed by atoms with Gasteiger partial charge in [0.05, 0.1) is 5.56 Å². The van der Waals surface area contributed by atoms with E-state index >= 15 is 0 Å². The molecule has 4 rings (SSSR count). The molecule has 0 spiro atoms. The average molecular weight is 404 g/mol. The maximum atomic E-state index is 13.4. The van der Waals surface area contributed by atoms with Crippen LogP contribution in [0.4, 0.5) is 30.2 Å². The van der Waals surface area contributed by atoms with Crippen LogP contribution in [-0.2, 0) is 12.7 Å². The Morgan fingerprint density at radius 2 is 0.967 bits per heavy atom. The second-order valence-corrected chi connectivity index (χ2v) is 7.17. The SMILES string of the molecule is FC(F)(F)c1cccc(C[N+](c2ccccc2)(c2ccccc2)c2ccccc2)c1. The van der Waals surface area contributed by atoms with Crippen molar-refractivity contribution in [2.45, 2.75) is 12.7 Å². The normalized spacial score (nSPS) is 12.0. The number of rotatable bonds is 5. The van der Waals surface area contributed by atoms with Gasteiger partial charge in [-0.15, -0.1) is 0 Å². The van der Waals surface area contributed by atoms with Crippen molar-refractivity contribution in [3.63, 3.8) is 0 Å². The van der Waals surface area contributed by atoms with E-state index in [4.69, 9.17) is 0 Å². The number of benzene rings is 4. The van der Waals surface area contributed by atoms with E-state index in [-0.39, 0.29) is 4.48 Å². The molecule has 0 bridgehead atoms. The third-order valence-electron chi connectivity index (χ3n) is 5.26. The largest absolute Gasteiger partial charge is 0.416 e. The van der Waals surface area contributed by atoms with Crippen LogP contribution < -0.4 is 4.48 Å². The Bertz CT molecular complexity index is 995. The quantitative estimate of drug-likeness (QED) is 0.297. The molecule has 150 valence electrons. The lowest BCUT2D eigenvalue weighted by Gasteiger charge is -2.37. The molecule has 0 heterocycles. The van der Waals surface area contributed by atoms with E-state index in [1.165, 1.54) is 12.1 Å². The van der Waals surface area contributed by atoms with Crippen LogP contribution in [0.25, 0.3) is 0 Å². The monoisotopic (exact) mass is 404 g/mol. The first-order chi connectivity index (χ1) is 14.5. The molecule has 0 saturated heterocycles. The van der Waals surface area contributed by atoms with E-state index < -0.39 is 11.7 Å². The van der Waals surface area contributed by atoms with Gasteiger partial charge in [-0.05, 0) is 48.5 Å². The van der Waals surface area contributed by atoms with Crippen molar-refractivity contribution < 1.29 is 13.2 Å². The summed E-state index contributed by atoms with van der Waals surface area (Å²) in [6.45, 7) is 0.349. The molecule has 4 aromatic rings. The lowest BCUT2D eigenvalue weighted by Crippen LogP contribution is -2.38. The number of quaternary nitrogens is 1. The van der Waals surface area contributed by atoms with Gasteiger partial charge in [0.1, 0.15) is 23.6 Å². The molecule has 0 N–H and O–H groups in total. The third-order valence-corrected chi connectivity index (χ3v) is 5.26. The summed E-state index contributed by atoms with van der Waals surface area (Å²) in [5, 5.41) is 0. The third kappa shape index (κ3) is 3.87. The van der Waals surface area contributed by atoms with Crippen molar-refractivity contribution in [3.05, 3.63) is 126 Å². The minimum absolute atomic E-state index is 0.282. The van der Waals surface area contributed by atoms with Crippen LogP contribution in [0.2, 0.25) is 0 Å². The summed E-state index contributed by atoms with van der Waals surface area (Å²) >= 11 is 0. The van der Waals surface area contributed by atoms with Crippen molar-refractivity contribution >= 4 is 17.1 Å². The number of para-hydroxylation sites is 3. The number of hydrogen-bond donors (Lipinski definition) is 0. The minimum atomic E-state index is -4.38. The minimum Gasteiger partial charge on any atom is -0.223 e. The van der Waals surface area contributed by atoms with Gasteiger partial charge in [-0.3, -0.25) is 0 Å². The van der Waals surface area contributed by atoms with Gasteiger partial charge in [-0.2, -0.15) is 13.2 Å². The molecule has 30 heavy (non-hydrogen) atoms. The second kappa shape index (κ2) is 8.17. The fourth-order valence-corrected chi connectivity index (χ4v) is 3.89. The standard InChI is InChI=1S/C26H21F3N/c27-26(28,29)22-12-10-11-21(19-22)20-30(23-13-4-1-5-14-23,24-15-6-2-7-16-24)25-17-8-3-9-18-25/h1-19H,20H2/q+1. The van der Waals surface area contributed by atoms with E-state index in [0.29, 0.717) is 12.1 Å². The van der Waals surface area contributed by atoms with Crippen molar-refractivity contribution in [1.82, 2.24) is 4.48 Å². The molecule has 0 aliphatic carbocycles. The fourth-order valence-electron chi connectivity index (χ4n) is 3.89. The summed E-state index contributed by atoms with van der Waals surface area (Å²) in [5.74, 6) is 0. The number of halogens is 3. The van der Waals surface area contributed by atoms with Gasteiger partial charge in [0.25, 0.3) is 0 Å². The van der Waals surface area contributed by atoms with Crippen LogP contribution in [0.5, 0.6) is 0 Å². The molecule has 0 radical (unpaired) electrons. The first kappa shape index (κ1) is 19.9. The maximum absolute atomic E-state index is 13.4. The van der Waals surface area contributed by atoms with E-state index in [1.807, 2.05) is 91.0 Å². The molecular weight excluding hydrogens is 383 g/mol. The summed E-state index contributed by atoms with van der Waals surface area (Å²) < 4.78 is 40.4. The molecule has 0 atom stereocenters. The van der Waals surface area contributed by atoms with Gasteiger partial charge in [-0.25, -0.2) is 4.48 Å². The fraction of sp³-hybridized carbons (Fsp3) is 0.0769. The van der Waals surface area contributed by atoms with Crippen molar-refractivity contribution in [2.24, 2.45) is 0 Å². The zero-order valence-corrected chi connectivity index (χ0v) is 16.3. The molecule has 0 unspecified atom stereocenters. The van der Waals surface area contributed by atoms with E-state index in [1.54, 1.807) is 6.07 Å². The van der Waals surface area contributed by atoms with Crippen molar-refractivity contribution in [2.75, 3.05) is 0 Å². The highest BCUT2D eigenvalue weighted by molar-refractivity contribution is 5.71. The molecule has 0 aliphatic rings. The highest BCUT2D eigenvalue weighted by Crippen LogP contribution is 2.45. The van der Waals surface area contributed by atoms with Crippen LogP contribution in [-0.4, -0.2) is 0 Å². The first-order valence-electron chi connectivity index (χ1n) is 9.71. The molecule has 1 nitrogen and oxygen atoms in total. The molecule has 0 saturated carbocycles. The zero-order chi connectivity index (χ0) is 21.0. The number of nitrogens with zero attached hydrogens (tertiary/aromatic N) is 1. The predicted molar refractivity (Wildman–Crippen MR) is 116 cm³/mol. The lowest BCUT2D eigenvalue weighted by atomic mass is 10.0. The van der Waals surface area contributed by atoms with Crippen LogP contribution in [0.15, 0.2) is 115 Å². The van der Waals surface area contributed by atoms with Gasteiger partial charge < -0.3 is 0 Å². The van der Waals surface area contributed by atoms with Gasteiger partial charge >= 0.3 is 6.18 Å². The summed E-state index contributed by atoms with van der Waals surface area (Å²) in [6, 6.07) is 35.3. The molecule has 0 amide bonds. The van der Waals surface area contributed by atoms with Crippen LogP contribution in [0.1, 0.15) is 11.1 Å². The Morgan fingerprint density at radius 1 is 0.533 bits per heavy atom. The summed E-state index contributed by atoms with van der Waals surface area (Å²) in [5.41, 5.74) is 2.92. The highest BCUT2D eigenvalue weighted by atomic mass is 19.4. The zero-order valence-electron chi connectivity index (χ0n) is 16.3. The van der Waals surface area contributed by atoms with Crippen LogP contribution >= 0.6 is 0 Å². The topological polar surface area (TPSA) is 0 Å². The van der Waals surface area contributed by atoms with E-state index in [2.05, 4.69) is 0 Å². The van der Waals surface area contributed by atoms with Crippen molar-refractivity contribution in [1.29, 1.82) is 0 Å². The van der Waals surface area contributed by atoms with Gasteiger partial charge in [0.2, 0.25) is 0 Å². The average Bonchev–Trinajstić information content (AvgIpc) is 2.79. The molecular formula is C26H21F3N+. The Hall–Kier alpha value is -3.37. The van der Waals surface area contributed by atoms with Crippen LogP contribution in [0.3, 0.4) is 0 Å². The number of hydrogen-bond acceptors (Lipinski definition) is 0. The smallest absolute Gasteiger partial charge is 0.223 e. The summed E-state index contributed by atoms with van der Waals surface area (Å²) in [6.07, 6.45) is -4.38. The Kier molecular flexibility index (Phi) is 5.42. The highest BCUT2D eigenvalue weighted by Gasteiger charge is 2.37. The van der Waals surface area contributed by atoms with Crippen molar-refractivity contribution in [3.8, 4) is 0 Å². The number of alkyl halides is 3. The summed E-state index contributed by atoms with van der Waals surface area (Å²) in [4.78, 5) is 0. The Balaban J connectivity index is 1.96. The molecule has 4 aromatic carbocycles. The predicted octanol–water partition coefficient (Wildman–Crippen LogP) is 7.88. The lowest BCUT2D eigenvalue weighted by molar-refractivity contribution is -0.137. The Labute approximate surface area is 174 Å². The molecule has 0 fully saturated rings. The molecule has 4 heteroatoms. The second-order valence-electron chi connectivity index (χ2n) is 7.17. The van der Waals surface area contributed by atoms with E-state index in [0.717, 1.165) is 23.1 Å². The van der Waals surface area contributed by atoms with E-state index in [9.17, 15) is 13.2 Å². The Morgan fingerprint density at radius 3 is 1.37 bits per heavy atom. The first-order valence-corrected chi connectivity index (χ1v) is 9.71. The summed E-state index contributed by atoms with van der Waals surface area (Å²) in [7, 11) is 0. The van der Waals surface area contributed by atoms with Gasteiger partial charge in [0, 0.05) is 5.56 Å². The van der Waals surface area contributed by atoms with Gasteiger partial charge in [0.15, 0.2) is 0 Å². The molecule has 0 aromatic heterocycles. The maximum Gasteiger partial charge on any atom is 0.416 e. The molecule has 0 aliphatic heterocycles. The van der Waals surface area contributed by atoms with Gasteiger partial charge in [-0.1, -0.05) is 66.7 Å².